The molecule has 0 saturated heterocycles. The third kappa shape index (κ3) is 3.45. The SMILES string of the molecule is CC(CSCc1ncon1)C(=O)O. The zero-order valence-electron chi connectivity index (χ0n) is 7.14. The smallest absolute Gasteiger partial charge is 0.307 e. The third-order valence-corrected chi connectivity index (χ3v) is 2.63. The highest BCUT2D eigenvalue weighted by molar-refractivity contribution is 7.98. The molecule has 0 aromatic carbocycles. The molecule has 5 nitrogen and oxygen atoms in total. The average Bonchev–Trinajstić information content (AvgIpc) is 2.56. The first-order valence-electron chi connectivity index (χ1n) is 3.76. The molecule has 0 radical (unpaired) electrons. The van der Waals surface area contributed by atoms with E-state index in [1.165, 1.54) is 18.2 Å². The van der Waals surface area contributed by atoms with E-state index in [-0.39, 0.29) is 5.92 Å². The van der Waals surface area contributed by atoms with Crippen molar-refractivity contribution in [2.75, 3.05) is 5.75 Å². The van der Waals surface area contributed by atoms with Gasteiger partial charge in [0.1, 0.15) is 0 Å². The number of aliphatic carboxylic acids is 1. The fraction of sp³-hybridized carbons (Fsp3) is 0.571. The molecule has 0 saturated carbocycles. The molecule has 1 unspecified atom stereocenters. The maximum Gasteiger partial charge on any atom is 0.307 e. The molecular formula is C7H10N2O3S. The van der Waals surface area contributed by atoms with Crippen LogP contribution in [-0.4, -0.2) is 27.0 Å². The van der Waals surface area contributed by atoms with Gasteiger partial charge >= 0.3 is 5.97 Å². The second-order valence-corrected chi connectivity index (χ2v) is 3.63. The second-order valence-electron chi connectivity index (χ2n) is 2.60. The predicted octanol–water partition coefficient (Wildman–Crippen LogP) is 1.02. The Balaban J connectivity index is 2.18. The van der Waals surface area contributed by atoms with Crippen molar-refractivity contribution in [3.05, 3.63) is 12.2 Å². The van der Waals surface area contributed by atoms with Crippen molar-refractivity contribution < 1.29 is 14.4 Å². The zero-order valence-corrected chi connectivity index (χ0v) is 7.95. The molecule has 1 aromatic heterocycles. The summed E-state index contributed by atoms with van der Waals surface area (Å²) in [5, 5.41) is 12.2. The predicted molar refractivity (Wildman–Crippen MR) is 47.3 cm³/mol. The van der Waals surface area contributed by atoms with Gasteiger partial charge in [-0.25, -0.2) is 0 Å². The number of aromatic nitrogens is 2. The number of rotatable bonds is 5. The highest BCUT2D eigenvalue weighted by atomic mass is 32.2. The zero-order chi connectivity index (χ0) is 9.68. The number of carbonyl (C=O) groups is 1. The molecule has 13 heavy (non-hydrogen) atoms. The van der Waals surface area contributed by atoms with Gasteiger partial charge in [0.2, 0.25) is 6.39 Å². The minimum absolute atomic E-state index is 0.336. The van der Waals surface area contributed by atoms with E-state index in [2.05, 4.69) is 14.7 Å². The van der Waals surface area contributed by atoms with Gasteiger partial charge in [-0.2, -0.15) is 16.7 Å². The Kier molecular flexibility index (Phi) is 3.75. The summed E-state index contributed by atoms with van der Waals surface area (Å²) in [4.78, 5) is 14.2. The Morgan fingerprint density at radius 1 is 1.85 bits per heavy atom. The van der Waals surface area contributed by atoms with Crippen LogP contribution in [0.25, 0.3) is 0 Å². The summed E-state index contributed by atoms with van der Waals surface area (Å²) in [5.74, 6) is 0.637. The van der Waals surface area contributed by atoms with Crippen molar-refractivity contribution in [3.63, 3.8) is 0 Å². The molecule has 1 N–H and O–H groups in total. The molecule has 6 heteroatoms. The van der Waals surface area contributed by atoms with E-state index in [9.17, 15) is 4.79 Å². The average molecular weight is 202 g/mol. The summed E-state index contributed by atoms with van der Waals surface area (Å²) in [6, 6.07) is 0. The van der Waals surface area contributed by atoms with Crippen LogP contribution >= 0.6 is 11.8 Å². The summed E-state index contributed by atoms with van der Waals surface area (Å²) in [5.41, 5.74) is 0. The molecule has 0 fully saturated rings. The van der Waals surface area contributed by atoms with E-state index < -0.39 is 5.97 Å². The summed E-state index contributed by atoms with van der Waals surface area (Å²) < 4.78 is 4.53. The molecule has 0 spiro atoms. The largest absolute Gasteiger partial charge is 0.481 e. The minimum Gasteiger partial charge on any atom is -0.481 e. The Labute approximate surface area is 79.5 Å². The highest BCUT2D eigenvalue weighted by Crippen LogP contribution is 2.12. The van der Waals surface area contributed by atoms with E-state index in [1.54, 1.807) is 6.92 Å². The molecule has 0 aliphatic rings. The van der Waals surface area contributed by atoms with Crippen LogP contribution in [0.5, 0.6) is 0 Å². The van der Waals surface area contributed by atoms with Crippen LogP contribution in [0.4, 0.5) is 0 Å². The van der Waals surface area contributed by atoms with Crippen LogP contribution in [0.2, 0.25) is 0 Å². The van der Waals surface area contributed by atoms with Gasteiger partial charge in [-0.3, -0.25) is 4.79 Å². The lowest BCUT2D eigenvalue weighted by molar-refractivity contribution is -0.140. The summed E-state index contributed by atoms with van der Waals surface area (Å²) >= 11 is 1.48. The van der Waals surface area contributed by atoms with Gasteiger partial charge in [-0.15, -0.1) is 0 Å². The fourth-order valence-electron chi connectivity index (χ4n) is 0.654. The van der Waals surface area contributed by atoms with Gasteiger partial charge in [0.15, 0.2) is 5.82 Å². The number of nitrogens with zero attached hydrogens (tertiary/aromatic N) is 2. The lowest BCUT2D eigenvalue weighted by atomic mass is 10.2. The van der Waals surface area contributed by atoms with Gasteiger partial charge < -0.3 is 9.63 Å². The number of hydrogen-bond acceptors (Lipinski definition) is 5. The van der Waals surface area contributed by atoms with Crippen molar-refractivity contribution in [2.45, 2.75) is 12.7 Å². The monoisotopic (exact) mass is 202 g/mol. The van der Waals surface area contributed by atoms with Crippen LogP contribution < -0.4 is 0 Å². The second kappa shape index (κ2) is 4.86. The topological polar surface area (TPSA) is 76.2 Å². The Bertz CT molecular complexity index is 263. The number of carboxylic acid groups (broad SMARTS) is 1. The van der Waals surface area contributed by atoms with Crippen molar-refractivity contribution >= 4 is 17.7 Å². The molecule has 1 heterocycles. The standard InChI is InChI=1S/C7H10N2O3S/c1-5(7(10)11)2-13-3-6-8-4-12-9-6/h4-5H,2-3H2,1H3,(H,10,11). The van der Waals surface area contributed by atoms with E-state index in [0.717, 1.165) is 0 Å². The normalized spacial score (nSPS) is 12.7. The van der Waals surface area contributed by atoms with E-state index in [1.807, 2.05) is 0 Å². The van der Waals surface area contributed by atoms with Crippen LogP contribution in [-0.2, 0) is 10.5 Å². The first-order chi connectivity index (χ1) is 6.20. The fourth-order valence-corrected chi connectivity index (χ4v) is 1.58. The first kappa shape index (κ1) is 10.0. The Morgan fingerprint density at radius 3 is 3.15 bits per heavy atom. The number of carboxylic acids is 1. The van der Waals surface area contributed by atoms with Crippen molar-refractivity contribution in [2.24, 2.45) is 5.92 Å². The Morgan fingerprint density at radius 2 is 2.62 bits per heavy atom. The van der Waals surface area contributed by atoms with Crippen molar-refractivity contribution in [3.8, 4) is 0 Å². The molecule has 72 valence electrons. The minimum atomic E-state index is -0.777. The molecular weight excluding hydrogens is 192 g/mol. The number of thioether (sulfide) groups is 1. The van der Waals surface area contributed by atoms with E-state index in [4.69, 9.17) is 5.11 Å². The van der Waals surface area contributed by atoms with Gasteiger partial charge in [-0.1, -0.05) is 12.1 Å². The molecule has 1 aromatic rings. The molecule has 1 rings (SSSR count). The molecule has 0 bridgehead atoms. The highest BCUT2D eigenvalue weighted by Gasteiger charge is 2.10. The lowest BCUT2D eigenvalue weighted by Gasteiger charge is -2.02. The molecule has 0 aliphatic heterocycles. The molecule has 1 atom stereocenters. The van der Waals surface area contributed by atoms with Crippen LogP contribution in [0.1, 0.15) is 12.7 Å². The van der Waals surface area contributed by atoms with E-state index >= 15 is 0 Å². The summed E-state index contributed by atoms with van der Waals surface area (Å²) in [6.07, 6.45) is 1.26. The maximum atomic E-state index is 10.4. The summed E-state index contributed by atoms with van der Waals surface area (Å²) in [7, 11) is 0. The van der Waals surface area contributed by atoms with Gasteiger partial charge in [0, 0.05) is 5.75 Å². The first-order valence-corrected chi connectivity index (χ1v) is 4.91. The van der Waals surface area contributed by atoms with Crippen LogP contribution in [0.15, 0.2) is 10.9 Å². The van der Waals surface area contributed by atoms with Gasteiger partial charge in [0.05, 0.1) is 11.7 Å². The van der Waals surface area contributed by atoms with Gasteiger partial charge in [0.25, 0.3) is 0 Å². The quantitative estimate of drug-likeness (QED) is 0.768. The third-order valence-electron chi connectivity index (χ3n) is 1.43. The Hall–Kier alpha value is -1.04. The van der Waals surface area contributed by atoms with Crippen LogP contribution in [0.3, 0.4) is 0 Å². The number of hydrogen-bond donors (Lipinski definition) is 1. The van der Waals surface area contributed by atoms with Crippen molar-refractivity contribution in [1.29, 1.82) is 0 Å². The molecule has 0 amide bonds. The van der Waals surface area contributed by atoms with Crippen LogP contribution in [0, 0.1) is 5.92 Å². The summed E-state index contributed by atoms with van der Waals surface area (Å²) in [6.45, 7) is 1.67. The maximum absolute atomic E-state index is 10.4. The van der Waals surface area contributed by atoms with E-state index in [0.29, 0.717) is 17.3 Å². The van der Waals surface area contributed by atoms with Gasteiger partial charge in [-0.05, 0) is 0 Å². The molecule has 0 aliphatic carbocycles. The van der Waals surface area contributed by atoms with Crippen molar-refractivity contribution in [1.82, 2.24) is 10.1 Å². The lowest BCUT2D eigenvalue weighted by Crippen LogP contribution is -2.11.